The zero-order valence-corrected chi connectivity index (χ0v) is 11.2. The molecule has 0 amide bonds. The molecular weight excluding hydrogens is 224 g/mol. The van der Waals surface area contributed by atoms with Crippen molar-refractivity contribution in [2.75, 3.05) is 19.6 Å². The van der Waals surface area contributed by atoms with Crippen LogP contribution in [-0.2, 0) is 0 Å². The fourth-order valence-corrected chi connectivity index (χ4v) is 3.29. The van der Waals surface area contributed by atoms with E-state index in [9.17, 15) is 5.11 Å². The summed E-state index contributed by atoms with van der Waals surface area (Å²) in [6.07, 6.45) is 3.82. The average Bonchev–Trinajstić information content (AvgIpc) is 2.45. The number of nitrogens with zero attached hydrogens (tertiary/aromatic N) is 1. The molecule has 1 saturated carbocycles. The molecule has 1 saturated heterocycles. The third-order valence-corrected chi connectivity index (χ3v) is 3.84. The van der Waals surface area contributed by atoms with E-state index in [0.717, 1.165) is 25.6 Å². The van der Waals surface area contributed by atoms with Crippen LogP contribution in [-0.4, -0.2) is 41.3 Å². The minimum atomic E-state index is -0.572. The van der Waals surface area contributed by atoms with Crippen molar-refractivity contribution in [2.45, 2.75) is 44.8 Å². The molecule has 1 aliphatic carbocycles. The van der Waals surface area contributed by atoms with Crippen LogP contribution in [0.5, 0.6) is 0 Å². The topological polar surface area (TPSA) is 49.5 Å². The number of rotatable bonds is 2. The third-order valence-electron chi connectivity index (χ3n) is 3.84. The Bertz CT molecular complexity index is 230. The van der Waals surface area contributed by atoms with Crippen LogP contribution in [0.15, 0.2) is 0 Å². The summed E-state index contributed by atoms with van der Waals surface area (Å²) in [5.74, 6) is 1.47. The summed E-state index contributed by atoms with van der Waals surface area (Å²) in [7, 11) is 0. The number of β-amino-alcohol motifs (C(OH)–C–C–N with tert-alkyl or cyclic N) is 1. The lowest BCUT2D eigenvalue weighted by atomic mass is 9.78. The van der Waals surface area contributed by atoms with E-state index in [1.54, 1.807) is 0 Å². The highest BCUT2D eigenvalue weighted by atomic mass is 35.5. The molecule has 0 radical (unpaired) electrons. The molecule has 2 aliphatic rings. The first kappa shape index (κ1) is 14.2. The van der Waals surface area contributed by atoms with Gasteiger partial charge < -0.3 is 10.8 Å². The van der Waals surface area contributed by atoms with E-state index in [4.69, 9.17) is 5.73 Å². The van der Waals surface area contributed by atoms with E-state index in [1.807, 2.05) is 13.8 Å². The van der Waals surface area contributed by atoms with Crippen molar-refractivity contribution in [1.82, 2.24) is 4.90 Å². The minimum Gasteiger partial charge on any atom is -0.389 e. The van der Waals surface area contributed by atoms with Gasteiger partial charge in [-0.1, -0.05) is 6.42 Å². The van der Waals surface area contributed by atoms with Gasteiger partial charge in [-0.05, 0) is 38.5 Å². The number of hydrogen-bond acceptors (Lipinski definition) is 3. The van der Waals surface area contributed by atoms with Gasteiger partial charge in [0.15, 0.2) is 0 Å². The molecule has 96 valence electrons. The minimum absolute atomic E-state index is 0. The van der Waals surface area contributed by atoms with Crippen LogP contribution in [0.1, 0.15) is 33.1 Å². The zero-order chi connectivity index (χ0) is 11.1. The molecule has 2 rings (SSSR count). The summed E-state index contributed by atoms with van der Waals surface area (Å²) >= 11 is 0. The summed E-state index contributed by atoms with van der Waals surface area (Å²) in [6.45, 7) is 6.79. The Morgan fingerprint density at radius 1 is 1.31 bits per heavy atom. The molecule has 0 aromatic heterocycles. The quantitative estimate of drug-likeness (QED) is 0.773. The van der Waals surface area contributed by atoms with Crippen molar-refractivity contribution >= 4 is 12.4 Å². The largest absolute Gasteiger partial charge is 0.389 e. The highest BCUT2D eigenvalue weighted by Crippen LogP contribution is 2.35. The Morgan fingerprint density at radius 2 is 2.00 bits per heavy atom. The maximum absolute atomic E-state index is 9.80. The smallest absolute Gasteiger partial charge is 0.0718 e. The maximum atomic E-state index is 9.80. The Balaban J connectivity index is 0.00000128. The zero-order valence-electron chi connectivity index (χ0n) is 10.4. The predicted octanol–water partition coefficient (Wildman–Crippen LogP) is 1.24. The van der Waals surface area contributed by atoms with Crippen molar-refractivity contribution in [3.05, 3.63) is 0 Å². The van der Waals surface area contributed by atoms with Crippen molar-refractivity contribution in [1.29, 1.82) is 0 Å². The van der Waals surface area contributed by atoms with Gasteiger partial charge in [0.05, 0.1) is 5.60 Å². The molecule has 3 atom stereocenters. The molecule has 3 unspecified atom stereocenters. The Kier molecular flexibility index (Phi) is 4.64. The van der Waals surface area contributed by atoms with Gasteiger partial charge in [-0.15, -0.1) is 12.4 Å². The number of halogens is 1. The normalized spacial score (nSPS) is 35.6. The monoisotopic (exact) mass is 248 g/mol. The van der Waals surface area contributed by atoms with Gasteiger partial charge in [-0.2, -0.15) is 0 Å². The van der Waals surface area contributed by atoms with Crippen molar-refractivity contribution < 1.29 is 5.11 Å². The van der Waals surface area contributed by atoms with E-state index in [-0.39, 0.29) is 12.4 Å². The van der Waals surface area contributed by atoms with Crippen LogP contribution in [0, 0.1) is 11.8 Å². The number of hydrogen-bond donors (Lipinski definition) is 2. The van der Waals surface area contributed by atoms with Gasteiger partial charge in [-0.3, -0.25) is 4.90 Å². The highest BCUT2D eigenvalue weighted by Gasteiger charge is 2.39. The lowest BCUT2D eigenvalue weighted by molar-refractivity contribution is 0.0420. The molecule has 3 N–H and O–H groups in total. The third kappa shape index (κ3) is 3.33. The van der Waals surface area contributed by atoms with Crippen LogP contribution in [0.2, 0.25) is 0 Å². The fraction of sp³-hybridized carbons (Fsp3) is 1.00. The molecule has 16 heavy (non-hydrogen) atoms. The second-order valence-electron chi connectivity index (χ2n) is 6.03. The predicted molar refractivity (Wildman–Crippen MR) is 68.8 cm³/mol. The molecule has 0 bridgehead atoms. The van der Waals surface area contributed by atoms with Gasteiger partial charge >= 0.3 is 0 Å². The molecule has 0 aromatic carbocycles. The van der Waals surface area contributed by atoms with Crippen molar-refractivity contribution in [3.8, 4) is 0 Å². The second kappa shape index (κ2) is 5.21. The van der Waals surface area contributed by atoms with Gasteiger partial charge in [0, 0.05) is 25.7 Å². The van der Waals surface area contributed by atoms with Crippen molar-refractivity contribution in [2.24, 2.45) is 17.6 Å². The van der Waals surface area contributed by atoms with Gasteiger partial charge in [0.1, 0.15) is 0 Å². The summed E-state index contributed by atoms with van der Waals surface area (Å²) < 4.78 is 0. The lowest BCUT2D eigenvalue weighted by Gasteiger charge is -2.30. The number of fused-ring (bicyclic) bond motifs is 1. The molecule has 1 heterocycles. The molecule has 2 fully saturated rings. The number of likely N-dealkylation sites (tertiary alicyclic amines) is 1. The van der Waals surface area contributed by atoms with Gasteiger partial charge in [-0.25, -0.2) is 0 Å². The van der Waals surface area contributed by atoms with Gasteiger partial charge in [0.2, 0.25) is 0 Å². The Hall–Kier alpha value is 0.170. The maximum Gasteiger partial charge on any atom is 0.0718 e. The summed E-state index contributed by atoms with van der Waals surface area (Å²) in [5, 5.41) is 9.80. The second-order valence-corrected chi connectivity index (χ2v) is 6.03. The summed E-state index contributed by atoms with van der Waals surface area (Å²) in [6, 6.07) is 0.399. The molecule has 1 aliphatic heterocycles. The standard InChI is InChI=1S/C12H24N2O.ClH/c1-12(2,15)8-14-6-9-4-3-5-11(13)10(9)7-14;/h9-11,15H,3-8,13H2,1-2H3;1H. The van der Waals surface area contributed by atoms with Crippen LogP contribution in [0.3, 0.4) is 0 Å². The lowest BCUT2D eigenvalue weighted by Crippen LogP contribution is -2.39. The first-order valence-electron chi connectivity index (χ1n) is 6.16. The van der Waals surface area contributed by atoms with E-state index in [2.05, 4.69) is 4.90 Å². The van der Waals surface area contributed by atoms with E-state index >= 15 is 0 Å². The highest BCUT2D eigenvalue weighted by molar-refractivity contribution is 5.85. The summed E-state index contributed by atoms with van der Waals surface area (Å²) in [4.78, 5) is 2.39. The first-order chi connectivity index (χ1) is 6.96. The molecule has 0 spiro atoms. The van der Waals surface area contributed by atoms with Crippen LogP contribution in [0.4, 0.5) is 0 Å². The van der Waals surface area contributed by atoms with Crippen LogP contribution < -0.4 is 5.73 Å². The number of nitrogens with two attached hydrogens (primary N) is 1. The number of aliphatic hydroxyl groups is 1. The van der Waals surface area contributed by atoms with E-state index < -0.39 is 5.60 Å². The molecule has 4 heteroatoms. The van der Waals surface area contributed by atoms with E-state index in [1.165, 1.54) is 19.3 Å². The molecule has 3 nitrogen and oxygen atoms in total. The van der Waals surface area contributed by atoms with Crippen LogP contribution in [0.25, 0.3) is 0 Å². The summed E-state index contributed by atoms with van der Waals surface area (Å²) in [5.41, 5.74) is 5.58. The average molecular weight is 249 g/mol. The SMILES string of the molecule is CC(C)(O)CN1CC2CCCC(N)C2C1.Cl. The fourth-order valence-electron chi connectivity index (χ4n) is 3.29. The van der Waals surface area contributed by atoms with Crippen molar-refractivity contribution in [3.63, 3.8) is 0 Å². The Labute approximate surface area is 105 Å². The van der Waals surface area contributed by atoms with E-state index in [0.29, 0.717) is 12.0 Å². The first-order valence-corrected chi connectivity index (χ1v) is 6.16. The molecule has 0 aromatic rings. The Morgan fingerprint density at radius 3 is 2.56 bits per heavy atom. The molecular formula is C12H25ClN2O. The van der Waals surface area contributed by atoms with Crippen LogP contribution >= 0.6 is 12.4 Å². The van der Waals surface area contributed by atoms with Gasteiger partial charge in [0.25, 0.3) is 0 Å².